The van der Waals surface area contributed by atoms with Crippen molar-refractivity contribution in [3.05, 3.63) is 122 Å². The molecule has 0 spiro atoms. The average molecular weight is 909 g/mol. The maximum atomic E-state index is 12.8. The molecule has 0 aromatic carbocycles. The molecule has 364 valence electrons. The highest BCUT2D eigenvalue weighted by molar-refractivity contribution is 7.45. The zero-order valence-corrected chi connectivity index (χ0v) is 42.1. The van der Waals surface area contributed by atoms with Gasteiger partial charge in [0.1, 0.15) is 13.2 Å². The van der Waals surface area contributed by atoms with Gasteiger partial charge in [-0.2, -0.15) is 0 Å². The van der Waals surface area contributed by atoms with Gasteiger partial charge in [0.25, 0.3) is 7.82 Å². The number of hydrogen-bond donors (Lipinski definition) is 2. The predicted molar refractivity (Wildman–Crippen MR) is 274 cm³/mol. The van der Waals surface area contributed by atoms with Crippen LogP contribution in [0.25, 0.3) is 0 Å². The van der Waals surface area contributed by atoms with E-state index in [0.717, 1.165) is 109 Å². The number of nitrogens with zero attached hydrogens (tertiary/aromatic N) is 1. The molecular weight excluding hydrogens is 816 g/mol. The number of carbonyl (C=O) groups excluding carboxylic acids is 1. The Balaban J connectivity index is 4.10. The Hall–Kier alpha value is -3.10. The summed E-state index contributed by atoms with van der Waals surface area (Å²) in [7, 11) is 1.23. The van der Waals surface area contributed by atoms with E-state index in [9.17, 15) is 19.4 Å². The lowest BCUT2D eigenvalue weighted by atomic mass is 10.1. The first kappa shape index (κ1) is 60.9. The molecule has 0 heterocycles. The van der Waals surface area contributed by atoms with Crippen LogP contribution in [-0.4, -0.2) is 68.5 Å². The van der Waals surface area contributed by atoms with Crippen molar-refractivity contribution in [2.45, 2.75) is 180 Å². The fourth-order valence-corrected chi connectivity index (χ4v) is 6.98. The van der Waals surface area contributed by atoms with Crippen LogP contribution in [0.3, 0.4) is 0 Å². The van der Waals surface area contributed by atoms with Gasteiger partial charge in [0.05, 0.1) is 39.9 Å². The second kappa shape index (κ2) is 45.1. The molecule has 0 bridgehead atoms. The first-order valence-corrected chi connectivity index (χ1v) is 26.4. The number of phosphoric acid groups is 1. The first-order chi connectivity index (χ1) is 31.0. The maximum absolute atomic E-state index is 12.8. The van der Waals surface area contributed by atoms with Gasteiger partial charge >= 0.3 is 0 Å². The highest BCUT2D eigenvalue weighted by Gasteiger charge is 2.23. The molecule has 64 heavy (non-hydrogen) atoms. The molecule has 0 saturated carbocycles. The number of aliphatic hydroxyl groups excluding tert-OH is 1. The van der Waals surface area contributed by atoms with Crippen molar-refractivity contribution in [2.75, 3.05) is 40.9 Å². The third kappa shape index (κ3) is 46.9. The Morgan fingerprint density at radius 3 is 1.39 bits per heavy atom. The van der Waals surface area contributed by atoms with Crippen LogP contribution in [0.15, 0.2) is 122 Å². The Labute approximate surface area is 393 Å². The van der Waals surface area contributed by atoms with E-state index < -0.39 is 26.6 Å². The molecule has 0 aliphatic rings. The number of allylic oxidation sites excluding steroid dienone is 19. The second-order valence-electron chi connectivity index (χ2n) is 17.4. The molecule has 0 saturated heterocycles. The van der Waals surface area contributed by atoms with E-state index in [1.807, 2.05) is 27.2 Å². The Kier molecular flexibility index (Phi) is 42.9. The number of amides is 1. The van der Waals surface area contributed by atoms with Crippen LogP contribution in [0.1, 0.15) is 168 Å². The normalized spacial score (nSPS) is 15.2. The molecule has 3 atom stereocenters. The molecule has 1 amide bonds. The van der Waals surface area contributed by atoms with Crippen molar-refractivity contribution in [3.63, 3.8) is 0 Å². The van der Waals surface area contributed by atoms with Crippen LogP contribution in [0.5, 0.6) is 0 Å². The zero-order chi connectivity index (χ0) is 47.1. The highest BCUT2D eigenvalue weighted by atomic mass is 31.2. The molecule has 0 aliphatic heterocycles. The molecule has 0 aromatic heterocycles. The van der Waals surface area contributed by atoms with Gasteiger partial charge in [0.15, 0.2) is 0 Å². The van der Waals surface area contributed by atoms with Crippen LogP contribution in [0.4, 0.5) is 0 Å². The molecule has 3 unspecified atom stereocenters. The number of nitrogens with one attached hydrogen (secondary N) is 1. The van der Waals surface area contributed by atoms with E-state index in [-0.39, 0.29) is 12.5 Å². The van der Waals surface area contributed by atoms with Gasteiger partial charge < -0.3 is 28.8 Å². The lowest BCUT2D eigenvalue weighted by Gasteiger charge is -2.29. The van der Waals surface area contributed by atoms with E-state index in [1.165, 1.54) is 38.5 Å². The number of likely N-dealkylation sites (N-methyl/N-ethyl adjacent to an activating group) is 1. The minimum Gasteiger partial charge on any atom is -0.756 e. The predicted octanol–water partition coefficient (Wildman–Crippen LogP) is 14.0. The quantitative estimate of drug-likeness (QED) is 0.0273. The SMILES string of the molecule is CC/C=C\C/C=C\C/C=C\C/C=C\C/C=C\C/C=C\C/C=C\C/C=C\C/C=C\CCCCCCCCCC(=O)NC(COP(=O)([O-])OCC[N+](C)(C)C)C(O)/C=C/CCCCCCC. The zero-order valence-electron chi connectivity index (χ0n) is 41.2. The summed E-state index contributed by atoms with van der Waals surface area (Å²) in [6.45, 7) is 4.43. The minimum absolute atomic E-state index is 0.0105. The number of carbonyl (C=O) groups is 1. The van der Waals surface area contributed by atoms with Crippen molar-refractivity contribution in [1.29, 1.82) is 0 Å². The second-order valence-corrected chi connectivity index (χ2v) is 18.8. The summed E-state index contributed by atoms with van der Waals surface area (Å²) < 4.78 is 23.1. The van der Waals surface area contributed by atoms with E-state index >= 15 is 0 Å². The fourth-order valence-electron chi connectivity index (χ4n) is 6.26. The number of rotatable bonds is 43. The maximum Gasteiger partial charge on any atom is 0.268 e. The highest BCUT2D eigenvalue weighted by Crippen LogP contribution is 2.38. The van der Waals surface area contributed by atoms with Gasteiger partial charge in [0, 0.05) is 6.42 Å². The molecule has 0 rings (SSSR count). The number of unbranched alkanes of at least 4 members (excludes halogenated alkanes) is 12. The summed E-state index contributed by atoms with van der Waals surface area (Å²) in [6, 6.07) is -0.898. The summed E-state index contributed by atoms with van der Waals surface area (Å²) >= 11 is 0. The van der Waals surface area contributed by atoms with Gasteiger partial charge in [-0.25, -0.2) is 0 Å². The van der Waals surface area contributed by atoms with Crippen LogP contribution in [-0.2, 0) is 18.4 Å². The Bertz CT molecular complexity index is 1450. The molecule has 0 aliphatic carbocycles. The standard InChI is InChI=1S/C55H93N2O6P/c1-6-8-10-12-14-15-16-17-18-19-20-21-22-23-24-25-26-27-28-29-30-31-32-33-34-35-36-37-38-39-40-41-43-45-47-49-55(59)56-53(54(58)48-46-44-42-13-11-9-7-2)52-63-64(60,61)62-51-50-57(3,4)5/h8,10,14-15,17-18,20-21,23-24,26-27,29-30,32-33,35-36,46,48,53-54,58H,6-7,9,11-13,16,19,22,25,28,31,34,37-45,47,49-52H2,1-5H3,(H-,56,59,60,61)/b10-8-,15-14-,18-17-,21-20-,24-23-,27-26-,30-29-,33-32-,36-35-,48-46+. The van der Waals surface area contributed by atoms with Crippen molar-refractivity contribution >= 4 is 13.7 Å². The number of aliphatic hydroxyl groups is 1. The molecule has 2 N–H and O–H groups in total. The molecule has 0 aromatic rings. The van der Waals surface area contributed by atoms with E-state index in [2.05, 4.69) is 129 Å². The van der Waals surface area contributed by atoms with Crippen LogP contribution >= 0.6 is 7.82 Å². The van der Waals surface area contributed by atoms with Crippen molar-refractivity contribution < 1.29 is 32.9 Å². The largest absolute Gasteiger partial charge is 0.756 e. The van der Waals surface area contributed by atoms with Crippen molar-refractivity contribution in [3.8, 4) is 0 Å². The fraction of sp³-hybridized carbons (Fsp3) is 0.618. The lowest BCUT2D eigenvalue weighted by Crippen LogP contribution is -2.45. The number of quaternary nitrogens is 1. The Morgan fingerprint density at radius 2 is 0.953 bits per heavy atom. The van der Waals surface area contributed by atoms with Crippen molar-refractivity contribution in [1.82, 2.24) is 5.32 Å². The van der Waals surface area contributed by atoms with Crippen LogP contribution in [0, 0.1) is 0 Å². The van der Waals surface area contributed by atoms with E-state index in [4.69, 9.17) is 9.05 Å². The van der Waals surface area contributed by atoms with Crippen LogP contribution < -0.4 is 10.2 Å². The van der Waals surface area contributed by atoms with E-state index in [0.29, 0.717) is 17.4 Å². The van der Waals surface area contributed by atoms with Gasteiger partial charge in [-0.15, -0.1) is 0 Å². The van der Waals surface area contributed by atoms with Crippen molar-refractivity contribution in [2.24, 2.45) is 0 Å². The van der Waals surface area contributed by atoms with E-state index in [1.54, 1.807) is 6.08 Å². The Morgan fingerprint density at radius 1 is 0.562 bits per heavy atom. The third-order valence-corrected chi connectivity index (χ3v) is 11.1. The number of phosphoric ester groups is 1. The van der Waals surface area contributed by atoms with Gasteiger partial charge in [0.2, 0.25) is 5.91 Å². The van der Waals surface area contributed by atoms with Gasteiger partial charge in [-0.3, -0.25) is 9.36 Å². The smallest absolute Gasteiger partial charge is 0.268 e. The summed E-state index contributed by atoms with van der Waals surface area (Å²) in [5.41, 5.74) is 0. The molecule has 0 radical (unpaired) electrons. The lowest BCUT2D eigenvalue weighted by molar-refractivity contribution is -0.870. The topological polar surface area (TPSA) is 108 Å². The van der Waals surface area contributed by atoms with Crippen LogP contribution in [0.2, 0.25) is 0 Å². The first-order valence-electron chi connectivity index (χ1n) is 24.9. The van der Waals surface area contributed by atoms with Gasteiger partial charge in [-0.05, 0) is 89.9 Å². The van der Waals surface area contributed by atoms with Gasteiger partial charge in [-0.1, -0.05) is 193 Å². The summed E-state index contributed by atoms with van der Waals surface area (Å²) in [4.78, 5) is 25.2. The number of hydrogen-bond acceptors (Lipinski definition) is 6. The average Bonchev–Trinajstić information content (AvgIpc) is 3.25. The monoisotopic (exact) mass is 909 g/mol. The molecule has 8 nitrogen and oxygen atoms in total. The molecule has 9 heteroatoms. The minimum atomic E-state index is -4.59. The summed E-state index contributed by atoms with van der Waals surface area (Å²) in [5.74, 6) is -0.220. The molecular formula is C55H93N2O6P. The third-order valence-electron chi connectivity index (χ3n) is 10.2. The summed E-state index contributed by atoms with van der Waals surface area (Å²) in [6.07, 6.45) is 67.2. The summed E-state index contributed by atoms with van der Waals surface area (Å²) in [5, 5.41) is 13.7. The molecule has 0 fully saturated rings.